The van der Waals surface area contributed by atoms with Crippen molar-refractivity contribution in [2.24, 2.45) is 0 Å². The molecule has 19 heavy (non-hydrogen) atoms. The van der Waals surface area contributed by atoms with Gasteiger partial charge in [0.2, 0.25) is 11.8 Å². The van der Waals surface area contributed by atoms with Gasteiger partial charge in [-0.05, 0) is 12.1 Å². The van der Waals surface area contributed by atoms with E-state index in [4.69, 9.17) is 0 Å². The molecule has 7 nitrogen and oxygen atoms in total. The second-order valence-electron chi connectivity index (χ2n) is 4.43. The normalized spacial score (nSPS) is 15.2. The molecule has 3 amide bonds. The van der Waals surface area contributed by atoms with Crippen molar-refractivity contribution >= 4 is 23.5 Å². The van der Waals surface area contributed by atoms with Gasteiger partial charge in [-0.3, -0.25) is 19.7 Å². The SMILES string of the molecule is CN(C)c1cc(C(=O)N2CC(=O)NC(=O)C2)ccn1. The van der Waals surface area contributed by atoms with Crippen LogP contribution in [0.2, 0.25) is 0 Å². The van der Waals surface area contributed by atoms with Crippen molar-refractivity contribution in [1.82, 2.24) is 15.2 Å². The second kappa shape index (κ2) is 5.05. The van der Waals surface area contributed by atoms with E-state index in [0.29, 0.717) is 11.4 Å². The molecule has 0 aliphatic carbocycles. The largest absolute Gasteiger partial charge is 0.363 e. The molecule has 0 radical (unpaired) electrons. The highest BCUT2D eigenvalue weighted by molar-refractivity contribution is 6.05. The minimum atomic E-state index is -0.466. The molecule has 2 rings (SSSR count). The lowest BCUT2D eigenvalue weighted by Gasteiger charge is -2.25. The van der Waals surface area contributed by atoms with Crippen LogP contribution in [0.3, 0.4) is 0 Å². The number of amides is 3. The molecule has 1 aromatic rings. The second-order valence-corrected chi connectivity index (χ2v) is 4.43. The maximum Gasteiger partial charge on any atom is 0.254 e. The molecule has 1 fully saturated rings. The highest BCUT2D eigenvalue weighted by Gasteiger charge is 2.27. The number of nitrogens with zero attached hydrogens (tertiary/aromatic N) is 3. The van der Waals surface area contributed by atoms with Crippen molar-refractivity contribution in [3.63, 3.8) is 0 Å². The van der Waals surface area contributed by atoms with Crippen LogP contribution in [0.25, 0.3) is 0 Å². The highest BCUT2D eigenvalue weighted by atomic mass is 16.2. The number of carbonyl (C=O) groups excluding carboxylic acids is 3. The van der Waals surface area contributed by atoms with Crippen LogP contribution in [-0.2, 0) is 9.59 Å². The summed E-state index contributed by atoms with van der Waals surface area (Å²) in [6.45, 7) is -0.214. The Kier molecular flexibility index (Phi) is 3.46. The van der Waals surface area contributed by atoms with E-state index in [2.05, 4.69) is 10.3 Å². The minimum absolute atomic E-state index is 0.107. The number of rotatable bonds is 2. The van der Waals surface area contributed by atoms with E-state index >= 15 is 0 Å². The summed E-state index contributed by atoms with van der Waals surface area (Å²) in [5.41, 5.74) is 0.404. The number of aromatic nitrogens is 1. The standard InChI is InChI=1S/C12H14N4O3/c1-15(2)9-5-8(3-4-13-9)12(19)16-6-10(17)14-11(18)7-16/h3-5H,6-7H2,1-2H3,(H,14,17,18). The fraction of sp³-hybridized carbons (Fsp3) is 0.333. The van der Waals surface area contributed by atoms with Gasteiger partial charge in [0.05, 0.1) is 0 Å². The highest BCUT2D eigenvalue weighted by Crippen LogP contribution is 2.12. The zero-order chi connectivity index (χ0) is 14.0. The van der Waals surface area contributed by atoms with Crippen LogP contribution < -0.4 is 10.2 Å². The van der Waals surface area contributed by atoms with Gasteiger partial charge in [-0.15, -0.1) is 0 Å². The smallest absolute Gasteiger partial charge is 0.254 e. The number of hydrogen-bond acceptors (Lipinski definition) is 5. The van der Waals surface area contributed by atoms with Crippen LogP contribution in [0, 0.1) is 0 Å². The van der Waals surface area contributed by atoms with Crippen molar-refractivity contribution in [3.8, 4) is 0 Å². The van der Waals surface area contributed by atoms with Gasteiger partial charge in [-0.25, -0.2) is 4.98 Å². The molecule has 0 bridgehead atoms. The van der Waals surface area contributed by atoms with E-state index in [1.165, 1.54) is 11.1 Å². The molecular formula is C12H14N4O3. The first-order chi connectivity index (χ1) is 8.97. The van der Waals surface area contributed by atoms with Gasteiger partial charge in [0.15, 0.2) is 0 Å². The van der Waals surface area contributed by atoms with E-state index in [0.717, 1.165) is 0 Å². The van der Waals surface area contributed by atoms with E-state index in [1.54, 1.807) is 17.0 Å². The molecule has 0 spiro atoms. The molecule has 2 heterocycles. The van der Waals surface area contributed by atoms with E-state index < -0.39 is 11.8 Å². The Morgan fingerprint density at radius 3 is 2.53 bits per heavy atom. The molecule has 0 saturated carbocycles. The molecular weight excluding hydrogens is 248 g/mol. The van der Waals surface area contributed by atoms with E-state index in [-0.39, 0.29) is 19.0 Å². The van der Waals surface area contributed by atoms with Gasteiger partial charge < -0.3 is 9.80 Å². The van der Waals surface area contributed by atoms with Crippen LogP contribution in [0.5, 0.6) is 0 Å². The Hall–Kier alpha value is -2.44. The third kappa shape index (κ3) is 2.87. The summed E-state index contributed by atoms with van der Waals surface area (Å²) in [5.74, 6) is -0.648. The van der Waals surface area contributed by atoms with Crippen LogP contribution in [-0.4, -0.2) is 54.8 Å². The summed E-state index contributed by atoms with van der Waals surface area (Å²) in [4.78, 5) is 41.8. The first-order valence-electron chi connectivity index (χ1n) is 5.72. The quantitative estimate of drug-likeness (QED) is 0.709. The lowest BCUT2D eigenvalue weighted by molar-refractivity contribution is -0.135. The lowest BCUT2D eigenvalue weighted by atomic mass is 10.2. The van der Waals surface area contributed by atoms with Gasteiger partial charge in [0.1, 0.15) is 18.9 Å². The first kappa shape index (κ1) is 13.0. The minimum Gasteiger partial charge on any atom is -0.363 e. The Labute approximate surface area is 110 Å². The fourth-order valence-corrected chi connectivity index (χ4v) is 1.76. The average Bonchev–Trinajstić information content (AvgIpc) is 2.37. The number of anilines is 1. The molecule has 1 N–H and O–H groups in total. The maximum atomic E-state index is 12.2. The third-order valence-electron chi connectivity index (χ3n) is 2.69. The summed E-state index contributed by atoms with van der Waals surface area (Å²) < 4.78 is 0. The van der Waals surface area contributed by atoms with Crippen molar-refractivity contribution in [3.05, 3.63) is 23.9 Å². The van der Waals surface area contributed by atoms with Crippen LogP contribution in [0.4, 0.5) is 5.82 Å². The monoisotopic (exact) mass is 262 g/mol. The molecule has 100 valence electrons. The molecule has 0 unspecified atom stereocenters. The predicted molar refractivity (Wildman–Crippen MR) is 67.6 cm³/mol. The molecule has 1 aliphatic heterocycles. The van der Waals surface area contributed by atoms with Crippen molar-refractivity contribution in [1.29, 1.82) is 0 Å². The Morgan fingerprint density at radius 2 is 1.95 bits per heavy atom. The van der Waals surface area contributed by atoms with Gasteiger partial charge in [0.25, 0.3) is 5.91 Å². The third-order valence-corrected chi connectivity index (χ3v) is 2.69. The summed E-state index contributed by atoms with van der Waals surface area (Å²) in [5, 5.41) is 2.15. The Balaban J connectivity index is 2.21. The molecule has 7 heteroatoms. The van der Waals surface area contributed by atoms with Gasteiger partial charge in [-0.1, -0.05) is 0 Å². The van der Waals surface area contributed by atoms with Crippen molar-refractivity contribution in [2.75, 3.05) is 32.1 Å². The number of hydrogen-bond donors (Lipinski definition) is 1. The number of carbonyl (C=O) groups is 3. The molecule has 0 aromatic carbocycles. The zero-order valence-corrected chi connectivity index (χ0v) is 10.7. The maximum absolute atomic E-state index is 12.2. The number of piperazine rings is 1. The van der Waals surface area contributed by atoms with Crippen LogP contribution in [0.1, 0.15) is 10.4 Å². The summed E-state index contributed by atoms with van der Waals surface area (Å²) in [6, 6.07) is 3.19. The number of imide groups is 1. The summed E-state index contributed by atoms with van der Waals surface area (Å²) in [7, 11) is 3.63. The van der Waals surface area contributed by atoms with Gasteiger partial charge >= 0.3 is 0 Å². The Morgan fingerprint density at radius 1 is 1.32 bits per heavy atom. The van der Waals surface area contributed by atoms with Crippen LogP contribution in [0.15, 0.2) is 18.3 Å². The molecule has 0 atom stereocenters. The van der Waals surface area contributed by atoms with E-state index in [9.17, 15) is 14.4 Å². The van der Waals surface area contributed by atoms with E-state index in [1.807, 2.05) is 14.1 Å². The number of pyridine rings is 1. The zero-order valence-electron chi connectivity index (χ0n) is 10.7. The Bertz CT molecular complexity index is 526. The average molecular weight is 262 g/mol. The lowest BCUT2D eigenvalue weighted by Crippen LogP contribution is -2.53. The number of nitrogens with one attached hydrogen (secondary N) is 1. The van der Waals surface area contributed by atoms with Gasteiger partial charge in [0, 0.05) is 25.9 Å². The van der Waals surface area contributed by atoms with Gasteiger partial charge in [-0.2, -0.15) is 0 Å². The van der Waals surface area contributed by atoms with Crippen molar-refractivity contribution < 1.29 is 14.4 Å². The molecule has 1 saturated heterocycles. The van der Waals surface area contributed by atoms with Crippen LogP contribution >= 0.6 is 0 Å². The first-order valence-corrected chi connectivity index (χ1v) is 5.72. The molecule has 1 aliphatic rings. The summed E-state index contributed by atoms with van der Waals surface area (Å²) >= 11 is 0. The van der Waals surface area contributed by atoms with Crippen molar-refractivity contribution in [2.45, 2.75) is 0 Å². The predicted octanol–water partition coefficient (Wildman–Crippen LogP) is -0.754. The molecule has 1 aromatic heterocycles. The topological polar surface area (TPSA) is 82.6 Å². The fourth-order valence-electron chi connectivity index (χ4n) is 1.76. The summed E-state index contributed by atoms with van der Waals surface area (Å²) in [6.07, 6.45) is 1.52.